The Morgan fingerprint density at radius 2 is 2.13 bits per heavy atom. The summed E-state index contributed by atoms with van der Waals surface area (Å²) >= 11 is 5.86. The second-order valence-electron chi connectivity index (χ2n) is 6.00. The molecule has 1 aromatic rings. The number of amides is 1. The fraction of sp³-hybridized carbons (Fsp3) is 0.588. The molecule has 0 aliphatic carbocycles. The molecule has 0 radical (unpaired) electrons. The molecule has 6 heteroatoms. The van der Waals surface area contributed by atoms with Crippen molar-refractivity contribution in [1.29, 1.82) is 0 Å². The minimum atomic E-state index is 0. The van der Waals surface area contributed by atoms with Gasteiger partial charge in [0.05, 0.1) is 6.54 Å². The van der Waals surface area contributed by atoms with Crippen LogP contribution in [-0.2, 0) is 4.79 Å². The molecule has 4 nitrogen and oxygen atoms in total. The Balaban J connectivity index is 0.00000264. The molecule has 2 N–H and O–H groups in total. The molecule has 1 atom stereocenters. The standard InChI is InChI=1S/C17H26ClN3O.ClH/c1-2-10-21(12-14-4-3-9-19-11-14)13-17(22)20-16-7-5-15(18)6-8-16;/h5-8,14,19H,2-4,9-13H2,1H3,(H,20,22);1H. The van der Waals surface area contributed by atoms with Crippen molar-refractivity contribution < 1.29 is 4.79 Å². The summed E-state index contributed by atoms with van der Waals surface area (Å²) in [5.41, 5.74) is 0.796. The molecule has 1 aromatic carbocycles. The average Bonchev–Trinajstić information content (AvgIpc) is 2.51. The minimum absolute atomic E-state index is 0. The molecule has 1 aliphatic heterocycles. The molecule has 1 aliphatic rings. The summed E-state index contributed by atoms with van der Waals surface area (Å²) < 4.78 is 0. The van der Waals surface area contributed by atoms with E-state index >= 15 is 0 Å². The number of benzene rings is 1. The van der Waals surface area contributed by atoms with Crippen LogP contribution < -0.4 is 10.6 Å². The van der Waals surface area contributed by atoms with Gasteiger partial charge in [0, 0.05) is 17.3 Å². The van der Waals surface area contributed by atoms with Gasteiger partial charge in [0.2, 0.25) is 5.91 Å². The highest BCUT2D eigenvalue weighted by Gasteiger charge is 2.18. The third-order valence-electron chi connectivity index (χ3n) is 3.95. The molecular weight excluding hydrogens is 333 g/mol. The second kappa shape index (κ2) is 10.9. The van der Waals surface area contributed by atoms with Gasteiger partial charge in [0.1, 0.15) is 0 Å². The molecule has 130 valence electrons. The van der Waals surface area contributed by atoms with Gasteiger partial charge in [-0.15, -0.1) is 12.4 Å². The molecule has 1 unspecified atom stereocenters. The SMILES string of the molecule is CCCN(CC(=O)Nc1ccc(Cl)cc1)CC1CCCNC1.Cl. The molecular formula is C17H27Cl2N3O. The third kappa shape index (κ3) is 7.53. The topological polar surface area (TPSA) is 44.4 Å². The van der Waals surface area contributed by atoms with Crippen LogP contribution in [0.3, 0.4) is 0 Å². The molecule has 2 rings (SSSR count). The highest BCUT2D eigenvalue weighted by Crippen LogP contribution is 2.14. The van der Waals surface area contributed by atoms with E-state index in [4.69, 9.17) is 11.6 Å². The van der Waals surface area contributed by atoms with Gasteiger partial charge in [0.25, 0.3) is 0 Å². The zero-order valence-corrected chi connectivity index (χ0v) is 15.3. The van der Waals surface area contributed by atoms with Crippen molar-refractivity contribution in [2.75, 3.05) is 38.0 Å². The van der Waals surface area contributed by atoms with Crippen LogP contribution in [0.4, 0.5) is 5.69 Å². The van der Waals surface area contributed by atoms with E-state index in [0.717, 1.165) is 38.3 Å². The van der Waals surface area contributed by atoms with E-state index in [1.54, 1.807) is 12.1 Å². The zero-order valence-electron chi connectivity index (χ0n) is 13.7. The second-order valence-corrected chi connectivity index (χ2v) is 6.44. The number of piperidine rings is 1. The number of halogens is 2. The Kier molecular flexibility index (Phi) is 9.56. The summed E-state index contributed by atoms with van der Waals surface area (Å²) in [5.74, 6) is 0.697. The van der Waals surface area contributed by atoms with Gasteiger partial charge in [0.15, 0.2) is 0 Å². The van der Waals surface area contributed by atoms with Gasteiger partial charge in [-0.05, 0) is 69.1 Å². The number of carbonyl (C=O) groups is 1. The fourth-order valence-electron chi connectivity index (χ4n) is 2.93. The molecule has 0 saturated carbocycles. The predicted octanol–water partition coefficient (Wildman–Crippen LogP) is 3.41. The van der Waals surface area contributed by atoms with Gasteiger partial charge in [-0.2, -0.15) is 0 Å². The normalized spacial score (nSPS) is 17.6. The molecule has 0 spiro atoms. The summed E-state index contributed by atoms with van der Waals surface area (Å²) in [6.07, 6.45) is 3.56. The smallest absolute Gasteiger partial charge is 0.238 e. The Hall–Kier alpha value is -0.810. The Morgan fingerprint density at radius 3 is 2.74 bits per heavy atom. The molecule has 1 fully saturated rings. The summed E-state index contributed by atoms with van der Waals surface area (Å²) in [6.45, 7) is 6.76. The lowest BCUT2D eigenvalue weighted by Crippen LogP contribution is -2.41. The first-order chi connectivity index (χ1) is 10.7. The molecule has 1 amide bonds. The van der Waals surface area contributed by atoms with Crippen LogP contribution in [0.5, 0.6) is 0 Å². The average molecular weight is 360 g/mol. The van der Waals surface area contributed by atoms with Gasteiger partial charge in [-0.25, -0.2) is 0 Å². The maximum atomic E-state index is 12.2. The first-order valence-electron chi connectivity index (χ1n) is 8.16. The van der Waals surface area contributed by atoms with Crippen molar-refractivity contribution in [1.82, 2.24) is 10.2 Å². The lowest BCUT2D eigenvalue weighted by atomic mass is 9.99. The number of rotatable bonds is 7. The number of nitrogens with one attached hydrogen (secondary N) is 2. The third-order valence-corrected chi connectivity index (χ3v) is 4.20. The minimum Gasteiger partial charge on any atom is -0.325 e. The van der Waals surface area contributed by atoms with E-state index in [1.807, 2.05) is 12.1 Å². The van der Waals surface area contributed by atoms with Crippen molar-refractivity contribution >= 4 is 35.6 Å². The Labute approximate surface area is 150 Å². The van der Waals surface area contributed by atoms with E-state index in [9.17, 15) is 4.79 Å². The van der Waals surface area contributed by atoms with Crippen molar-refractivity contribution in [3.63, 3.8) is 0 Å². The van der Waals surface area contributed by atoms with E-state index in [1.165, 1.54) is 12.8 Å². The zero-order chi connectivity index (χ0) is 15.8. The summed E-state index contributed by atoms with van der Waals surface area (Å²) in [7, 11) is 0. The fourth-order valence-corrected chi connectivity index (χ4v) is 3.06. The van der Waals surface area contributed by atoms with E-state index < -0.39 is 0 Å². The Morgan fingerprint density at radius 1 is 1.39 bits per heavy atom. The van der Waals surface area contributed by atoms with Crippen molar-refractivity contribution in [3.05, 3.63) is 29.3 Å². The summed E-state index contributed by atoms with van der Waals surface area (Å²) in [6, 6.07) is 7.23. The van der Waals surface area contributed by atoms with E-state index in [-0.39, 0.29) is 18.3 Å². The van der Waals surface area contributed by atoms with Crippen LogP contribution in [0.2, 0.25) is 5.02 Å². The van der Waals surface area contributed by atoms with Crippen LogP contribution in [-0.4, -0.2) is 43.5 Å². The number of hydrogen-bond acceptors (Lipinski definition) is 3. The van der Waals surface area contributed by atoms with Crippen LogP contribution in [0, 0.1) is 5.92 Å². The number of hydrogen-bond donors (Lipinski definition) is 2. The maximum absolute atomic E-state index is 12.2. The van der Waals surface area contributed by atoms with E-state index in [0.29, 0.717) is 17.5 Å². The van der Waals surface area contributed by atoms with Crippen molar-refractivity contribution in [2.24, 2.45) is 5.92 Å². The van der Waals surface area contributed by atoms with Crippen molar-refractivity contribution in [2.45, 2.75) is 26.2 Å². The van der Waals surface area contributed by atoms with Gasteiger partial charge < -0.3 is 10.6 Å². The maximum Gasteiger partial charge on any atom is 0.238 e. The molecule has 1 heterocycles. The highest BCUT2D eigenvalue weighted by molar-refractivity contribution is 6.30. The number of anilines is 1. The molecule has 23 heavy (non-hydrogen) atoms. The summed E-state index contributed by atoms with van der Waals surface area (Å²) in [5, 5.41) is 7.06. The monoisotopic (exact) mass is 359 g/mol. The number of nitrogens with zero attached hydrogens (tertiary/aromatic N) is 1. The van der Waals surface area contributed by atoms with Crippen LogP contribution in [0.25, 0.3) is 0 Å². The summed E-state index contributed by atoms with van der Waals surface area (Å²) in [4.78, 5) is 14.5. The predicted molar refractivity (Wildman–Crippen MR) is 99.7 cm³/mol. The number of carbonyl (C=O) groups excluding carboxylic acids is 1. The lowest BCUT2D eigenvalue weighted by Gasteiger charge is -2.29. The quantitative estimate of drug-likeness (QED) is 0.783. The molecule has 0 bridgehead atoms. The van der Waals surface area contributed by atoms with Crippen LogP contribution in [0.15, 0.2) is 24.3 Å². The molecule has 0 aromatic heterocycles. The largest absolute Gasteiger partial charge is 0.325 e. The first kappa shape index (κ1) is 20.2. The van der Waals surface area contributed by atoms with Gasteiger partial charge in [-0.1, -0.05) is 18.5 Å². The lowest BCUT2D eigenvalue weighted by molar-refractivity contribution is -0.117. The van der Waals surface area contributed by atoms with Gasteiger partial charge in [-0.3, -0.25) is 9.69 Å². The first-order valence-corrected chi connectivity index (χ1v) is 8.53. The van der Waals surface area contributed by atoms with Crippen molar-refractivity contribution in [3.8, 4) is 0 Å². The molecule has 1 saturated heterocycles. The Bertz CT molecular complexity index is 461. The highest BCUT2D eigenvalue weighted by atomic mass is 35.5. The van der Waals surface area contributed by atoms with Crippen LogP contribution in [0.1, 0.15) is 26.2 Å². The van der Waals surface area contributed by atoms with Crippen LogP contribution >= 0.6 is 24.0 Å². The van der Waals surface area contributed by atoms with Gasteiger partial charge >= 0.3 is 0 Å². The van der Waals surface area contributed by atoms with E-state index in [2.05, 4.69) is 22.5 Å².